The van der Waals surface area contributed by atoms with Crippen molar-refractivity contribution in [3.8, 4) is 11.1 Å². The second-order valence-electron chi connectivity index (χ2n) is 5.85. The second-order valence-corrected chi connectivity index (χ2v) is 5.85. The van der Waals surface area contributed by atoms with Gasteiger partial charge in [0, 0.05) is 5.56 Å². The first kappa shape index (κ1) is 15.4. The van der Waals surface area contributed by atoms with E-state index in [9.17, 15) is 4.79 Å². The van der Waals surface area contributed by atoms with Crippen LogP contribution in [0.2, 0.25) is 0 Å². The lowest BCUT2D eigenvalue weighted by Crippen LogP contribution is -2.24. The molecule has 0 radical (unpaired) electrons. The Kier molecular flexibility index (Phi) is 3.92. The van der Waals surface area contributed by atoms with Crippen LogP contribution < -0.4 is 5.06 Å². The summed E-state index contributed by atoms with van der Waals surface area (Å²) in [5.41, 5.74) is 5.62. The van der Waals surface area contributed by atoms with E-state index in [-0.39, 0.29) is 5.91 Å². The molecule has 1 aliphatic rings. The quantitative estimate of drug-likeness (QED) is 0.647. The average molecular weight is 327 g/mol. The van der Waals surface area contributed by atoms with Gasteiger partial charge in [-0.2, -0.15) is 5.06 Å². The van der Waals surface area contributed by atoms with Gasteiger partial charge in [-0.1, -0.05) is 72.8 Å². The zero-order valence-electron chi connectivity index (χ0n) is 13.8. The van der Waals surface area contributed by atoms with E-state index in [1.807, 2.05) is 60.7 Å². The number of carbonyl (C=O) groups is 1. The van der Waals surface area contributed by atoms with E-state index >= 15 is 0 Å². The van der Waals surface area contributed by atoms with Crippen LogP contribution in [-0.2, 0) is 9.63 Å². The summed E-state index contributed by atoms with van der Waals surface area (Å²) in [4.78, 5) is 17.9. The van der Waals surface area contributed by atoms with E-state index < -0.39 is 0 Å². The molecular weight excluding hydrogens is 310 g/mol. The number of fused-ring (bicyclic) bond motifs is 1. The van der Waals surface area contributed by atoms with Crippen LogP contribution in [-0.4, -0.2) is 13.0 Å². The highest BCUT2D eigenvalue weighted by Gasteiger charge is 2.32. The molecule has 0 fully saturated rings. The van der Waals surface area contributed by atoms with Gasteiger partial charge in [0.2, 0.25) is 0 Å². The number of benzene rings is 3. The molecule has 1 aliphatic heterocycles. The van der Waals surface area contributed by atoms with Crippen molar-refractivity contribution >= 4 is 23.2 Å². The van der Waals surface area contributed by atoms with E-state index in [2.05, 4.69) is 24.3 Å². The normalized spacial score (nSPS) is 14.8. The van der Waals surface area contributed by atoms with E-state index in [1.54, 1.807) is 0 Å². The van der Waals surface area contributed by atoms with Crippen LogP contribution in [0.25, 0.3) is 22.8 Å². The molecule has 3 heteroatoms. The number of hydrogen-bond donors (Lipinski definition) is 0. The Balaban J connectivity index is 1.70. The summed E-state index contributed by atoms with van der Waals surface area (Å²) in [6.07, 6.45) is 1.91. The molecular formula is C22H17NO2. The lowest BCUT2D eigenvalue weighted by atomic mass is 10.0. The van der Waals surface area contributed by atoms with Gasteiger partial charge in [0.25, 0.3) is 5.91 Å². The van der Waals surface area contributed by atoms with Crippen LogP contribution in [0, 0.1) is 0 Å². The molecule has 0 unspecified atom stereocenters. The van der Waals surface area contributed by atoms with Crippen LogP contribution in [0.4, 0.5) is 5.69 Å². The van der Waals surface area contributed by atoms with E-state index in [0.717, 1.165) is 22.4 Å². The second kappa shape index (κ2) is 6.38. The van der Waals surface area contributed by atoms with E-state index in [4.69, 9.17) is 4.84 Å². The molecule has 0 saturated carbocycles. The maximum absolute atomic E-state index is 12.6. The molecule has 1 heterocycles. The number of nitrogens with zero attached hydrogens (tertiary/aromatic N) is 1. The maximum atomic E-state index is 12.6. The SMILES string of the molecule is CON1C(=O)/C(=C\c2ccc(-c3ccccc3)cc2)c2ccccc21. The van der Waals surface area contributed by atoms with Gasteiger partial charge in [0.05, 0.1) is 18.4 Å². The van der Waals surface area contributed by atoms with Crippen molar-refractivity contribution in [2.24, 2.45) is 0 Å². The van der Waals surface area contributed by atoms with Crippen molar-refractivity contribution < 1.29 is 9.63 Å². The Labute approximate surface area is 146 Å². The highest BCUT2D eigenvalue weighted by molar-refractivity contribution is 6.35. The van der Waals surface area contributed by atoms with Gasteiger partial charge in [0.15, 0.2) is 0 Å². The highest BCUT2D eigenvalue weighted by Crippen LogP contribution is 2.37. The molecule has 25 heavy (non-hydrogen) atoms. The first-order chi connectivity index (χ1) is 12.3. The standard InChI is InChI=1S/C22H17NO2/c1-25-23-21-10-6-5-9-19(21)20(22(23)24)15-16-11-13-18(14-12-16)17-7-3-2-4-8-17/h2-15H,1H3/b20-15-. The Hall–Kier alpha value is -3.17. The van der Waals surface area contributed by atoms with Gasteiger partial charge < -0.3 is 0 Å². The van der Waals surface area contributed by atoms with Crippen LogP contribution in [0.15, 0.2) is 78.9 Å². The summed E-state index contributed by atoms with van der Waals surface area (Å²) in [5, 5.41) is 1.33. The number of amides is 1. The fraction of sp³-hybridized carbons (Fsp3) is 0.0455. The van der Waals surface area contributed by atoms with Crippen molar-refractivity contribution in [2.45, 2.75) is 0 Å². The summed E-state index contributed by atoms with van der Waals surface area (Å²) in [6, 6.07) is 26.1. The monoisotopic (exact) mass is 327 g/mol. The van der Waals surface area contributed by atoms with Crippen molar-refractivity contribution in [3.63, 3.8) is 0 Å². The summed E-state index contributed by atoms with van der Waals surface area (Å²) >= 11 is 0. The molecule has 0 aliphatic carbocycles. The minimum Gasteiger partial charge on any atom is -0.269 e. The zero-order valence-corrected chi connectivity index (χ0v) is 13.8. The topological polar surface area (TPSA) is 29.5 Å². The van der Waals surface area contributed by atoms with Crippen molar-refractivity contribution in [2.75, 3.05) is 12.2 Å². The third-order valence-electron chi connectivity index (χ3n) is 4.34. The number of rotatable bonds is 3. The minimum absolute atomic E-state index is 0.143. The molecule has 4 rings (SSSR count). The lowest BCUT2D eigenvalue weighted by molar-refractivity contribution is -0.118. The predicted molar refractivity (Wildman–Crippen MR) is 101 cm³/mol. The highest BCUT2D eigenvalue weighted by atomic mass is 16.7. The molecule has 0 atom stereocenters. The van der Waals surface area contributed by atoms with Crippen LogP contribution >= 0.6 is 0 Å². The first-order valence-electron chi connectivity index (χ1n) is 8.13. The van der Waals surface area contributed by atoms with Crippen molar-refractivity contribution in [1.29, 1.82) is 0 Å². The minimum atomic E-state index is -0.143. The molecule has 122 valence electrons. The summed E-state index contributed by atoms with van der Waals surface area (Å²) < 4.78 is 0. The molecule has 0 saturated heterocycles. The van der Waals surface area contributed by atoms with Crippen LogP contribution in [0.1, 0.15) is 11.1 Å². The summed E-state index contributed by atoms with van der Waals surface area (Å²) in [6.45, 7) is 0. The van der Waals surface area contributed by atoms with Crippen molar-refractivity contribution in [1.82, 2.24) is 0 Å². The van der Waals surface area contributed by atoms with Gasteiger partial charge in [-0.25, -0.2) is 0 Å². The number of hydroxylamine groups is 1. The largest absolute Gasteiger partial charge is 0.282 e. The lowest BCUT2D eigenvalue weighted by Gasteiger charge is -2.12. The molecule has 0 aromatic heterocycles. The fourth-order valence-electron chi connectivity index (χ4n) is 3.10. The number of carbonyl (C=O) groups excluding carboxylic acids is 1. The van der Waals surface area contributed by atoms with Gasteiger partial charge in [-0.15, -0.1) is 0 Å². The Morgan fingerprint density at radius 2 is 1.44 bits per heavy atom. The van der Waals surface area contributed by atoms with Gasteiger partial charge in [0.1, 0.15) is 0 Å². The Morgan fingerprint density at radius 1 is 0.800 bits per heavy atom. The predicted octanol–water partition coefficient (Wildman–Crippen LogP) is 4.80. The smallest absolute Gasteiger partial charge is 0.269 e. The third-order valence-corrected chi connectivity index (χ3v) is 4.34. The van der Waals surface area contributed by atoms with Crippen LogP contribution in [0.5, 0.6) is 0 Å². The van der Waals surface area contributed by atoms with Gasteiger partial charge in [-0.3, -0.25) is 9.63 Å². The third kappa shape index (κ3) is 2.75. The number of hydrogen-bond acceptors (Lipinski definition) is 2. The molecule has 0 bridgehead atoms. The van der Waals surface area contributed by atoms with E-state index in [0.29, 0.717) is 5.57 Å². The zero-order chi connectivity index (χ0) is 17.2. The molecule has 3 aromatic rings. The Bertz CT molecular complexity index is 943. The number of anilines is 1. The van der Waals surface area contributed by atoms with Gasteiger partial charge >= 0.3 is 0 Å². The van der Waals surface area contributed by atoms with Crippen molar-refractivity contribution in [3.05, 3.63) is 90.0 Å². The summed E-state index contributed by atoms with van der Waals surface area (Å²) in [7, 11) is 1.51. The van der Waals surface area contributed by atoms with E-state index in [1.165, 1.54) is 17.7 Å². The molecule has 0 N–H and O–H groups in total. The number of para-hydroxylation sites is 1. The molecule has 3 nitrogen and oxygen atoms in total. The van der Waals surface area contributed by atoms with Gasteiger partial charge in [-0.05, 0) is 28.8 Å². The molecule has 0 spiro atoms. The summed E-state index contributed by atoms with van der Waals surface area (Å²) in [5.74, 6) is -0.143. The first-order valence-corrected chi connectivity index (χ1v) is 8.13. The maximum Gasteiger partial charge on any atom is 0.282 e. The average Bonchev–Trinajstić information content (AvgIpc) is 2.94. The molecule has 3 aromatic carbocycles. The Morgan fingerprint density at radius 3 is 2.16 bits per heavy atom. The fourth-order valence-corrected chi connectivity index (χ4v) is 3.10. The molecule has 1 amide bonds. The van der Waals surface area contributed by atoms with Crippen LogP contribution in [0.3, 0.4) is 0 Å².